The molecule has 26 heavy (non-hydrogen) atoms. The van der Waals surface area contributed by atoms with Gasteiger partial charge < -0.3 is 15.2 Å². The lowest BCUT2D eigenvalue weighted by Gasteiger charge is -2.09. The summed E-state index contributed by atoms with van der Waals surface area (Å²) in [4.78, 5) is 4.18. The van der Waals surface area contributed by atoms with Crippen molar-refractivity contribution in [2.75, 3.05) is 0 Å². The number of rotatable bonds is 4. The number of nitrogens with two attached hydrogens (primary N) is 1. The van der Waals surface area contributed by atoms with Gasteiger partial charge in [-0.15, -0.1) is 18.3 Å². The normalized spacial score (nSPS) is 11.2. The number of thiocarbonyl (C=S) groups is 1. The summed E-state index contributed by atoms with van der Waals surface area (Å²) < 4.78 is 46.9. The molecule has 0 amide bonds. The zero-order valence-corrected chi connectivity index (χ0v) is 13.8. The molecule has 10 heteroatoms. The Kier molecular flexibility index (Phi) is 4.76. The molecule has 134 valence electrons. The summed E-state index contributed by atoms with van der Waals surface area (Å²) >= 11 is 4.66. The van der Waals surface area contributed by atoms with Gasteiger partial charge in [0.05, 0.1) is 5.69 Å². The van der Waals surface area contributed by atoms with Crippen LogP contribution in [0, 0.1) is 0 Å². The summed E-state index contributed by atoms with van der Waals surface area (Å²) in [6.45, 7) is 0. The lowest BCUT2D eigenvalue weighted by atomic mass is 10.2. The zero-order chi connectivity index (χ0) is 18.7. The molecule has 3 aromatic rings. The standard InChI is InChI=1S/C16H11F3N4O2S/c17-16(18,19)25-13-7-3-11(4-8-13)23-9-21-14(22-23)10-1-5-12(6-2-10)24-15(20)26/h1-9H,(H2,20,26). The third-order valence-electron chi connectivity index (χ3n) is 3.16. The minimum absolute atomic E-state index is 0.0851. The molecule has 0 spiro atoms. The monoisotopic (exact) mass is 380 g/mol. The number of nitrogens with zero attached hydrogens (tertiary/aromatic N) is 3. The van der Waals surface area contributed by atoms with Gasteiger partial charge in [-0.2, -0.15) is 0 Å². The summed E-state index contributed by atoms with van der Waals surface area (Å²) in [7, 11) is 0. The van der Waals surface area contributed by atoms with Crippen LogP contribution in [-0.4, -0.2) is 26.3 Å². The van der Waals surface area contributed by atoms with Gasteiger partial charge in [-0.3, -0.25) is 0 Å². The molecule has 0 saturated heterocycles. The maximum Gasteiger partial charge on any atom is 0.573 e. The van der Waals surface area contributed by atoms with Crippen LogP contribution in [0.25, 0.3) is 17.1 Å². The quantitative estimate of drug-likeness (QED) is 0.699. The maximum absolute atomic E-state index is 12.2. The Hall–Kier alpha value is -3.14. The highest BCUT2D eigenvalue weighted by atomic mass is 32.1. The highest BCUT2D eigenvalue weighted by Crippen LogP contribution is 2.24. The molecule has 0 saturated carbocycles. The van der Waals surface area contributed by atoms with Crippen LogP contribution in [0.15, 0.2) is 54.9 Å². The Bertz CT molecular complexity index is 908. The van der Waals surface area contributed by atoms with Gasteiger partial charge in [-0.1, -0.05) is 0 Å². The second kappa shape index (κ2) is 7.00. The molecule has 0 aliphatic rings. The van der Waals surface area contributed by atoms with Crippen LogP contribution in [0.2, 0.25) is 0 Å². The van der Waals surface area contributed by atoms with Crippen molar-refractivity contribution in [3.63, 3.8) is 0 Å². The van der Waals surface area contributed by atoms with E-state index < -0.39 is 6.36 Å². The van der Waals surface area contributed by atoms with Gasteiger partial charge >= 0.3 is 6.36 Å². The third-order valence-corrected chi connectivity index (χ3v) is 3.24. The molecule has 0 aliphatic carbocycles. The average Bonchev–Trinajstić information content (AvgIpc) is 3.04. The van der Waals surface area contributed by atoms with E-state index in [-0.39, 0.29) is 10.9 Å². The third kappa shape index (κ3) is 4.48. The lowest BCUT2D eigenvalue weighted by Crippen LogP contribution is -2.17. The zero-order valence-electron chi connectivity index (χ0n) is 13.0. The van der Waals surface area contributed by atoms with E-state index in [0.29, 0.717) is 17.3 Å². The first kappa shape index (κ1) is 17.7. The van der Waals surface area contributed by atoms with E-state index in [0.717, 1.165) is 5.56 Å². The number of benzene rings is 2. The first-order valence-electron chi connectivity index (χ1n) is 7.16. The lowest BCUT2D eigenvalue weighted by molar-refractivity contribution is -0.274. The molecule has 3 rings (SSSR count). The maximum atomic E-state index is 12.2. The van der Waals surface area contributed by atoms with Gasteiger partial charge in [-0.05, 0) is 60.7 Å². The van der Waals surface area contributed by atoms with Crippen molar-refractivity contribution in [2.45, 2.75) is 6.36 Å². The Morgan fingerprint density at radius 2 is 1.62 bits per heavy atom. The van der Waals surface area contributed by atoms with Gasteiger partial charge in [0.1, 0.15) is 17.8 Å². The Balaban J connectivity index is 1.76. The van der Waals surface area contributed by atoms with E-state index in [2.05, 4.69) is 27.0 Å². The van der Waals surface area contributed by atoms with Gasteiger partial charge in [-0.25, -0.2) is 9.67 Å². The van der Waals surface area contributed by atoms with Crippen LogP contribution in [0.5, 0.6) is 11.5 Å². The van der Waals surface area contributed by atoms with Crippen LogP contribution in [-0.2, 0) is 0 Å². The smallest absolute Gasteiger partial charge is 0.432 e. The van der Waals surface area contributed by atoms with Crippen LogP contribution in [0.4, 0.5) is 13.2 Å². The second-order valence-corrected chi connectivity index (χ2v) is 5.40. The Morgan fingerprint density at radius 1 is 1.00 bits per heavy atom. The Morgan fingerprint density at radius 3 is 2.19 bits per heavy atom. The number of aromatic nitrogens is 3. The average molecular weight is 380 g/mol. The molecule has 6 nitrogen and oxygen atoms in total. The molecular formula is C16H11F3N4O2S. The molecule has 0 atom stereocenters. The molecule has 1 heterocycles. The number of ether oxygens (including phenoxy) is 2. The second-order valence-electron chi connectivity index (χ2n) is 5.00. The fraction of sp³-hybridized carbons (Fsp3) is 0.0625. The van der Waals surface area contributed by atoms with E-state index in [1.807, 2.05) is 0 Å². The van der Waals surface area contributed by atoms with Crippen LogP contribution >= 0.6 is 12.2 Å². The molecule has 0 unspecified atom stereocenters. The minimum Gasteiger partial charge on any atom is -0.432 e. The summed E-state index contributed by atoms with van der Waals surface area (Å²) in [5.74, 6) is 0.610. The van der Waals surface area contributed by atoms with Gasteiger partial charge in [0.25, 0.3) is 5.17 Å². The first-order valence-corrected chi connectivity index (χ1v) is 7.56. The Labute approximate surface area is 151 Å². The van der Waals surface area contributed by atoms with E-state index in [4.69, 9.17) is 10.5 Å². The van der Waals surface area contributed by atoms with Crippen molar-refractivity contribution in [1.82, 2.24) is 14.8 Å². The van der Waals surface area contributed by atoms with E-state index in [1.165, 1.54) is 35.3 Å². The molecule has 0 fully saturated rings. The predicted molar refractivity (Wildman–Crippen MR) is 90.9 cm³/mol. The highest BCUT2D eigenvalue weighted by molar-refractivity contribution is 7.80. The molecule has 1 aromatic heterocycles. The molecule has 0 radical (unpaired) electrons. The SMILES string of the molecule is NC(=S)Oc1ccc(-c2ncn(-c3ccc(OC(F)(F)F)cc3)n2)cc1. The molecular weight excluding hydrogens is 369 g/mol. The largest absolute Gasteiger partial charge is 0.573 e. The number of hydrogen-bond donors (Lipinski definition) is 1. The molecule has 0 bridgehead atoms. The summed E-state index contributed by atoms with van der Waals surface area (Å²) in [5.41, 5.74) is 6.55. The fourth-order valence-corrected chi connectivity index (χ4v) is 2.20. The summed E-state index contributed by atoms with van der Waals surface area (Å²) in [5, 5.41) is 4.21. The minimum atomic E-state index is -4.73. The van der Waals surface area contributed by atoms with Crippen molar-refractivity contribution in [3.05, 3.63) is 54.9 Å². The number of hydrogen-bond acceptors (Lipinski definition) is 5. The highest BCUT2D eigenvalue weighted by Gasteiger charge is 2.30. The van der Waals surface area contributed by atoms with Crippen LogP contribution < -0.4 is 15.2 Å². The van der Waals surface area contributed by atoms with Gasteiger partial charge in [0.2, 0.25) is 0 Å². The summed E-state index contributed by atoms with van der Waals surface area (Å²) in [6.07, 6.45) is -3.28. The van der Waals surface area contributed by atoms with Crippen molar-refractivity contribution in [1.29, 1.82) is 0 Å². The van der Waals surface area contributed by atoms with Crippen molar-refractivity contribution < 1.29 is 22.6 Å². The van der Waals surface area contributed by atoms with E-state index >= 15 is 0 Å². The fourth-order valence-electron chi connectivity index (χ4n) is 2.11. The summed E-state index contributed by atoms with van der Waals surface area (Å²) in [6, 6.07) is 12.1. The molecule has 2 aromatic carbocycles. The molecule has 0 aliphatic heterocycles. The number of halogens is 3. The van der Waals surface area contributed by atoms with Crippen molar-refractivity contribution >= 4 is 17.4 Å². The van der Waals surface area contributed by atoms with Crippen LogP contribution in [0.1, 0.15) is 0 Å². The van der Waals surface area contributed by atoms with Crippen LogP contribution in [0.3, 0.4) is 0 Å². The first-order chi connectivity index (χ1) is 12.3. The van der Waals surface area contributed by atoms with Crippen molar-refractivity contribution in [3.8, 4) is 28.6 Å². The van der Waals surface area contributed by atoms with E-state index in [1.54, 1.807) is 24.3 Å². The van der Waals surface area contributed by atoms with E-state index in [9.17, 15) is 13.2 Å². The predicted octanol–water partition coefficient (Wildman–Crippen LogP) is 3.46. The van der Waals surface area contributed by atoms with Gasteiger partial charge in [0, 0.05) is 5.56 Å². The molecule has 2 N–H and O–H groups in total. The van der Waals surface area contributed by atoms with Crippen molar-refractivity contribution in [2.24, 2.45) is 5.73 Å². The topological polar surface area (TPSA) is 75.2 Å². The number of alkyl halides is 3. The van der Waals surface area contributed by atoms with Gasteiger partial charge in [0.15, 0.2) is 5.82 Å².